The number of nitrogens with two attached hydrogens (primary N) is 1. The molecule has 2 heterocycles. The average Bonchev–Trinajstić information content (AvgIpc) is 2.65. The Hall–Kier alpha value is -0.950. The molecule has 0 aliphatic carbocycles. The summed E-state index contributed by atoms with van der Waals surface area (Å²) in [6.07, 6.45) is 5.50. The predicted octanol–water partition coefficient (Wildman–Crippen LogP) is 1.89. The fraction of sp³-hybridized carbons (Fsp3) is 0.200. The summed E-state index contributed by atoms with van der Waals surface area (Å²) in [6, 6.07) is 3.91. The van der Waals surface area contributed by atoms with Gasteiger partial charge in [0.05, 0.1) is 9.77 Å². The molecular weight excluding hydrogens is 303 g/mol. The van der Waals surface area contributed by atoms with Crippen LogP contribution in [0.3, 0.4) is 0 Å². The second-order valence-corrected chi connectivity index (χ2v) is 4.59. The van der Waals surface area contributed by atoms with Crippen LogP contribution in [0, 0.1) is 3.57 Å². The lowest BCUT2D eigenvalue weighted by Gasteiger charge is -2.05. The predicted molar refractivity (Wildman–Crippen MR) is 66.7 cm³/mol. The lowest BCUT2D eigenvalue weighted by molar-refractivity contribution is 0.797. The van der Waals surface area contributed by atoms with E-state index >= 15 is 0 Å². The molecular formula is C10H11IN4. The molecule has 0 radical (unpaired) electrons. The molecule has 0 amide bonds. The molecule has 2 N–H and O–H groups in total. The molecule has 0 saturated carbocycles. The van der Waals surface area contributed by atoms with Crippen LogP contribution in [-0.2, 0) is 0 Å². The molecule has 0 aromatic carbocycles. The number of hydrogen-bond acceptors (Lipinski definition) is 3. The minimum atomic E-state index is 0.0179. The van der Waals surface area contributed by atoms with Crippen LogP contribution in [0.4, 0.5) is 0 Å². The van der Waals surface area contributed by atoms with Gasteiger partial charge in [0.15, 0.2) is 5.82 Å². The van der Waals surface area contributed by atoms with E-state index in [4.69, 9.17) is 5.73 Å². The van der Waals surface area contributed by atoms with Crippen molar-refractivity contribution < 1.29 is 0 Å². The van der Waals surface area contributed by atoms with Crippen molar-refractivity contribution in [3.63, 3.8) is 0 Å². The first-order valence-corrected chi connectivity index (χ1v) is 5.67. The third kappa shape index (κ3) is 2.35. The first-order valence-electron chi connectivity index (χ1n) is 4.59. The van der Waals surface area contributed by atoms with Crippen molar-refractivity contribution in [2.24, 2.45) is 5.73 Å². The van der Waals surface area contributed by atoms with Gasteiger partial charge in [0.1, 0.15) is 0 Å². The molecule has 15 heavy (non-hydrogen) atoms. The van der Waals surface area contributed by atoms with E-state index in [0.29, 0.717) is 0 Å². The third-order valence-electron chi connectivity index (χ3n) is 2.08. The number of pyridine rings is 1. The molecule has 2 aromatic rings. The maximum Gasteiger partial charge on any atom is 0.153 e. The van der Waals surface area contributed by atoms with Crippen molar-refractivity contribution in [1.29, 1.82) is 0 Å². The molecule has 0 bridgehead atoms. The van der Waals surface area contributed by atoms with Crippen LogP contribution in [-0.4, -0.2) is 14.8 Å². The first-order chi connectivity index (χ1) is 7.16. The molecule has 5 heteroatoms. The molecule has 0 aliphatic heterocycles. The van der Waals surface area contributed by atoms with Crippen molar-refractivity contribution in [3.05, 3.63) is 39.9 Å². The highest BCUT2D eigenvalue weighted by atomic mass is 127. The summed E-state index contributed by atoms with van der Waals surface area (Å²) in [5.74, 6) is 0.808. The van der Waals surface area contributed by atoms with Gasteiger partial charge >= 0.3 is 0 Å². The normalized spacial score (nSPS) is 12.7. The van der Waals surface area contributed by atoms with Crippen molar-refractivity contribution in [2.75, 3.05) is 0 Å². The third-order valence-corrected chi connectivity index (χ3v) is 2.64. The zero-order valence-corrected chi connectivity index (χ0v) is 10.4. The van der Waals surface area contributed by atoms with Crippen molar-refractivity contribution in [3.8, 4) is 5.82 Å². The number of rotatable bonds is 2. The van der Waals surface area contributed by atoms with Gasteiger partial charge in [-0.2, -0.15) is 5.10 Å². The van der Waals surface area contributed by atoms with Crippen molar-refractivity contribution >= 4 is 22.6 Å². The molecule has 0 aliphatic rings. The lowest BCUT2D eigenvalue weighted by atomic mass is 10.2. The highest BCUT2D eigenvalue weighted by molar-refractivity contribution is 14.1. The van der Waals surface area contributed by atoms with Crippen LogP contribution in [0.1, 0.15) is 18.5 Å². The van der Waals surface area contributed by atoms with Crippen LogP contribution >= 0.6 is 22.6 Å². The summed E-state index contributed by atoms with van der Waals surface area (Å²) < 4.78 is 2.83. The van der Waals surface area contributed by atoms with Crippen LogP contribution in [0.15, 0.2) is 30.7 Å². The zero-order valence-electron chi connectivity index (χ0n) is 8.26. The van der Waals surface area contributed by atoms with E-state index in [1.54, 1.807) is 17.1 Å². The fourth-order valence-electron chi connectivity index (χ4n) is 1.23. The summed E-state index contributed by atoms with van der Waals surface area (Å²) in [5.41, 5.74) is 6.77. The topological polar surface area (TPSA) is 56.7 Å². The Morgan fingerprint density at radius 1 is 1.40 bits per heavy atom. The standard InChI is InChI=1S/C10H11IN4/c1-7(12)8-2-3-10(13-4-8)15-6-9(11)5-14-15/h2-7H,12H2,1H3/t7-/m1/s1. The Bertz CT molecular complexity index is 447. The van der Waals surface area contributed by atoms with E-state index in [0.717, 1.165) is 15.0 Å². The first kappa shape index (κ1) is 10.6. The summed E-state index contributed by atoms with van der Waals surface area (Å²) >= 11 is 2.21. The highest BCUT2D eigenvalue weighted by Crippen LogP contribution is 2.11. The minimum absolute atomic E-state index is 0.0179. The molecule has 1 atom stereocenters. The van der Waals surface area contributed by atoms with E-state index in [2.05, 4.69) is 32.7 Å². The molecule has 0 unspecified atom stereocenters. The monoisotopic (exact) mass is 314 g/mol. The van der Waals surface area contributed by atoms with E-state index in [-0.39, 0.29) is 6.04 Å². The summed E-state index contributed by atoms with van der Waals surface area (Å²) in [7, 11) is 0. The Balaban J connectivity index is 2.31. The van der Waals surface area contributed by atoms with Gasteiger partial charge in [0.25, 0.3) is 0 Å². The lowest BCUT2D eigenvalue weighted by Crippen LogP contribution is -2.06. The van der Waals surface area contributed by atoms with Gasteiger partial charge in [-0.1, -0.05) is 6.07 Å². The summed E-state index contributed by atoms with van der Waals surface area (Å²) in [6.45, 7) is 1.94. The molecule has 2 aromatic heterocycles. The molecule has 0 fully saturated rings. The Morgan fingerprint density at radius 2 is 2.20 bits per heavy atom. The average molecular weight is 314 g/mol. The number of hydrogen-bond donors (Lipinski definition) is 1. The highest BCUT2D eigenvalue weighted by Gasteiger charge is 2.02. The van der Waals surface area contributed by atoms with Gasteiger partial charge in [0, 0.05) is 18.4 Å². The van der Waals surface area contributed by atoms with Gasteiger partial charge in [-0.25, -0.2) is 9.67 Å². The smallest absolute Gasteiger partial charge is 0.153 e. The number of halogens is 1. The van der Waals surface area contributed by atoms with Gasteiger partial charge < -0.3 is 5.73 Å². The van der Waals surface area contributed by atoms with Gasteiger partial charge in [-0.3, -0.25) is 0 Å². The Labute approximate surface area is 102 Å². The summed E-state index contributed by atoms with van der Waals surface area (Å²) in [4.78, 5) is 4.30. The maximum absolute atomic E-state index is 5.74. The summed E-state index contributed by atoms with van der Waals surface area (Å²) in [5, 5.41) is 4.18. The molecule has 0 saturated heterocycles. The minimum Gasteiger partial charge on any atom is -0.324 e. The molecule has 4 nitrogen and oxygen atoms in total. The zero-order chi connectivity index (χ0) is 10.8. The maximum atomic E-state index is 5.74. The van der Waals surface area contributed by atoms with Crippen LogP contribution < -0.4 is 5.73 Å². The second-order valence-electron chi connectivity index (χ2n) is 3.34. The Morgan fingerprint density at radius 3 is 2.67 bits per heavy atom. The number of aromatic nitrogens is 3. The van der Waals surface area contributed by atoms with E-state index < -0.39 is 0 Å². The van der Waals surface area contributed by atoms with Crippen molar-refractivity contribution in [1.82, 2.24) is 14.8 Å². The van der Waals surface area contributed by atoms with Gasteiger partial charge in [-0.15, -0.1) is 0 Å². The number of nitrogens with zero attached hydrogens (tertiary/aromatic N) is 3. The SMILES string of the molecule is C[C@@H](N)c1ccc(-n2cc(I)cn2)nc1. The van der Waals surface area contributed by atoms with E-state index in [1.165, 1.54) is 0 Å². The fourth-order valence-corrected chi connectivity index (χ4v) is 1.62. The Kier molecular flexibility index (Phi) is 3.01. The van der Waals surface area contributed by atoms with Crippen LogP contribution in [0.25, 0.3) is 5.82 Å². The molecule has 2 rings (SSSR count). The van der Waals surface area contributed by atoms with E-state index in [1.807, 2.05) is 25.3 Å². The molecule has 78 valence electrons. The van der Waals surface area contributed by atoms with Crippen LogP contribution in [0.2, 0.25) is 0 Å². The van der Waals surface area contributed by atoms with Gasteiger partial charge in [-0.05, 0) is 41.1 Å². The van der Waals surface area contributed by atoms with Crippen LogP contribution in [0.5, 0.6) is 0 Å². The second kappa shape index (κ2) is 4.28. The molecule has 0 spiro atoms. The van der Waals surface area contributed by atoms with E-state index in [9.17, 15) is 0 Å². The van der Waals surface area contributed by atoms with Gasteiger partial charge in [0.2, 0.25) is 0 Å². The largest absolute Gasteiger partial charge is 0.324 e. The quantitative estimate of drug-likeness (QED) is 0.861. The van der Waals surface area contributed by atoms with Crippen molar-refractivity contribution in [2.45, 2.75) is 13.0 Å².